The van der Waals surface area contributed by atoms with Gasteiger partial charge in [-0.05, 0) is 6.92 Å². The van der Waals surface area contributed by atoms with Crippen molar-refractivity contribution in [2.45, 2.75) is 24.1 Å². The van der Waals surface area contributed by atoms with E-state index in [1.54, 1.807) is 0 Å². The van der Waals surface area contributed by atoms with Crippen molar-refractivity contribution in [1.82, 2.24) is 0 Å². The molecule has 0 aliphatic carbocycles. The van der Waals surface area contributed by atoms with Gasteiger partial charge in [0.15, 0.2) is 0 Å². The predicted octanol–water partition coefficient (Wildman–Crippen LogP) is 0.240. The Balaban J connectivity index is 5.52. The van der Waals surface area contributed by atoms with Crippen LogP contribution in [-0.2, 0) is 28.4 Å². The summed E-state index contributed by atoms with van der Waals surface area (Å²) in [5.74, 6) is -2.40. The fraction of sp³-hybridized carbons (Fsp3) is 0.778. The van der Waals surface area contributed by atoms with Crippen LogP contribution in [0.3, 0.4) is 0 Å². The maximum absolute atomic E-state index is 11.7. The molecule has 10 heteroatoms. The number of carbonyl (C=O) groups is 2. The number of hydrogen-bond acceptors (Lipinski definition) is 6. The molecule has 2 unspecified atom stereocenters. The Bertz CT molecular complexity index is 378. The summed E-state index contributed by atoms with van der Waals surface area (Å²) in [6.07, 6.45) is -0.982. The third-order valence-corrected chi connectivity index (χ3v) is 3.68. The van der Waals surface area contributed by atoms with Crippen LogP contribution >= 0.6 is 19.2 Å². The van der Waals surface area contributed by atoms with Gasteiger partial charge in [-0.15, -0.1) is 11.6 Å². The molecule has 0 saturated heterocycles. The van der Waals surface area contributed by atoms with Gasteiger partial charge in [-0.2, -0.15) is 0 Å². The van der Waals surface area contributed by atoms with Gasteiger partial charge in [-0.3, -0.25) is 9.36 Å². The molecule has 19 heavy (non-hydrogen) atoms. The summed E-state index contributed by atoms with van der Waals surface area (Å²) in [5.41, 5.74) is 0. The fourth-order valence-corrected chi connectivity index (χ4v) is 2.14. The molecule has 0 rings (SSSR count). The minimum absolute atomic E-state index is 0.362. The molecular weight excluding hydrogens is 303 g/mol. The Labute approximate surface area is 115 Å². The van der Waals surface area contributed by atoms with Crippen LogP contribution in [0.2, 0.25) is 0 Å². The topological polar surface area (TPSA) is 119 Å². The molecule has 2 atom stereocenters. The molecule has 0 aliphatic heterocycles. The lowest BCUT2D eigenvalue weighted by atomic mass is 10.2. The highest BCUT2D eigenvalue weighted by Gasteiger charge is 2.58. The van der Waals surface area contributed by atoms with Gasteiger partial charge in [0.2, 0.25) is 0 Å². The quantitative estimate of drug-likeness (QED) is 0.389. The molecule has 2 N–H and O–H groups in total. The van der Waals surface area contributed by atoms with Gasteiger partial charge >= 0.3 is 19.5 Å². The smallest absolute Gasteiger partial charge is 0.369 e. The zero-order valence-electron chi connectivity index (χ0n) is 10.7. The van der Waals surface area contributed by atoms with Crippen molar-refractivity contribution in [2.24, 2.45) is 0 Å². The van der Waals surface area contributed by atoms with Crippen molar-refractivity contribution in [2.75, 3.05) is 20.8 Å². The van der Waals surface area contributed by atoms with Crippen LogP contribution in [-0.4, -0.2) is 53.3 Å². The minimum Gasteiger partial charge on any atom is -0.469 e. The largest absolute Gasteiger partial charge is 0.469 e. The zero-order valence-corrected chi connectivity index (χ0v) is 12.3. The van der Waals surface area contributed by atoms with E-state index in [0.29, 0.717) is 0 Å². The number of carbonyl (C=O) groups excluding carboxylic acids is 2. The van der Waals surface area contributed by atoms with Crippen molar-refractivity contribution in [3.8, 4) is 0 Å². The van der Waals surface area contributed by atoms with Gasteiger partial charge in [-0.1, -0.05) is 0 Å². The summed E-state index contributed by atoms with van der Waals surface area (Å²) < 4.78 is 25.1. The molecular formula is C9H16ClO8P. The SMILES string of the molecule is COC(=O)CC(OCC(C)Cl)(C(=O)OC)P(=O)(O)O. The highest BCUT2D eigenvalue weighted by molar-refractivity contribution is 7.54. The van der Waals surface area contributed by atoms with Crippen LogP contribution in [0.1, 0.15) is 13.3 Å². The number of halogens is 1. The normalized spacial score (nSPS) is 16.3. The lowest BCUT2D eigenvalue weighted by Gasteiger charge is -2.30. The average molecular weight is 319 g/mol. The highest BCUT2D eigenvalue weighted by atomic mass is 35.5. The molecule has 112 valence electrons. The molecule has 0 fully saturated rings. The van der Waals surface area contributed by atoms with Gasteiger partial charge < -0.3 is 24.0 Å². The number of alkyl halides is 1. The summed E-state index contributed by atoms with van der Waals surface area (Å²) in [5, 5.41) is -3.38. The first kappa shape index (κ1) is 18.3. The molecule has 0 aromatic rings. The van der Waals surface area contributed by atoms with Crippen molar-refractivity contribution in [3.05, 3.63) is 0 Å². The molecule has 8 nitrogen and oxygen atoms in total. The van der Waals surface area contributed by atoms with E-state index in [0.717, 1.165) is 14.2 Å². The standard InChI is InChI=1S/C9H16ClO8P/c1-6(10)5-18-9(8(12)17-3,19(13,14)15)4-7(11)16-2/h6H,4-5H2,1-3H3,(H2,13,14,15). The second-order valence-electron chi connectivity index (χ2n) is 3.66. The molecule has 0 aliphatic rings. The van der Waals surface area contributed by atoms with Crippen LogP contribution < -0.4 is 0 Å². The van der Waals surface area contributed by atoms with E-state index in [1.807, 2.05) is 0 Å². The number of hydrogen-bond donors (Lipinski definition) is 2. The molecule has 0 aromatic carbocycles. The van der Waals surface area contributed by atoms with E-state index in [-0.39, 0.29) is 6.61 Å². The second-order valence-corrected chi connectivity index (χ2v) is 6.22. The Morgan fingerprint density at radius 2 is 1.84 bits per heavy atom. The van der Waals surface area contributed by atoms with Crippen molar-refractivity contribution >= 4 is 31.1 Å². The van der Waals surface area contributed by atoms with E-state index < -0.39 is 36.7 Å². The van der Waals surface area contributed by atoms with Crippen molar-refractivity contribution in [1.29, 1.82) is 0 Å². The van der Waals surface area contributed by atoms with Gasteiger partial charge in [0, 0.05) is 0 Å². The average Bonchev–Trinajstić information content (AvgIpc) is 2.31. The third-order valence-electron chi connectivity index (χ3n) is 2.14. The second kappa shape index (κ2) is 7.21. The van der Waals surface area contributed by atoms with Crippen molar-refractivity contribution in [3.63, 3.8) is 0 Å². The Hall–Kier alpha value is -0.660. The number of ether oxygens (including phenoxy) is 3. The Morgan fingerprint density at radius 1 is 1.32 bits per heavy atom. The maximum Gasteiger partial charge on any atom is 0.369 e. The van der Waals surface area contributed by atoms with Gasteiger partial charge in [0.05, 0.1) is 32.6 Å². The molecule has 0 bridgehead atoms. The Morgan fingerprint density at radius 3 is 2.16 bits per heavy atom. The number of esters is 2. The minimum atomic E-state index is -5.16. The van der Waals surface area contributed by atoms with E-state index >= 15 is 0 Å². The van der Waals surface area contributed by atoms with Gasteiger partial charge in [0.1, 0.15) is 0 Å². The summed E-state index contributed by atoms with van der Waals surface area (Å²) in [6.45, 7) is 1.13. The first-order valence-corrected chi connectivity index (χ1v) is 7.14. The summed E-state index contributed by atoms with van der Waals surface area (Å²) >= 11 is 5.61. The van der Waals surface area contributed by atoms with Gasteiger partial charge in [0.25, 0.3) is 5.34 Å². The van der Waals surface area contributed by atoms with Crippen molar-refractivity contribution < 1.29 is 38.2 Å². The van der Waals surface area contributed by atoms with Crippen LogP contribution in [0.25, 0.3) is 0 Å². The Kier molecular flexibility index (Phi) is 6.96. The molecule has 0 radical (unpaired) electrons. The molecule has 0 saturated carbocycles. The van der Waals surface area contributed by atoms with Gasteiger partial charge in [-0.25, -0.2) is 4.79 Å². The van der Waals surface area contributed by atoms with Crippen LogP contribution in [0.4, 0.5) is 0 Å². The number of rotatable bonds is 7. The van der Waals surface area contributed by atoms with E-state index in [2.05, 4.69) is 9.47 Å². The first-order chi connectivity index (χ1) is 8.60. The van der Waals surface area contributed by atoms with E-state index in [4.69, 9.17) is 16.3 Å². The summed E-state index contributed by atoms with van der Waals surface area (Å²) in [4.78, 5) is 41.5. The molecule has 0 amide bonds. The zero-order chi connectivity index (χ0) is 15.3. The van der Waals surface area contributed by atoms with E-state index in [9.17, 15) is 23.9 Å². The summed E-state index contributed by atoms with van der Waals surface area (Å²) in [6, 6.07) is 0. The third kappa shape index (κ3) is 4.74. The fourth-order valence-electron chi connectivity index (χ4n) is 1.17. The predicted molar refractivity (Wildman–Crippen MR) is 64.7 cm³/mol. The molecule has 0 aromatic heterocycles. The lowest BCUT2D eigenvalue weighted by molar-refractivity contribution is -0.167. The van der Waals surface area contributed by atoms with Crippen LogP contribution in [0.15, 0.2) is 0 Å². The highest BCUT2D eigenvalue weighted by Crippen LogP contribution is 2.54. The number of methoxy groups -OCH3 is 2. The van der Waals surface area contributed by atoms with E-state index in [1.165, 1.54) is 6.92 Å². The summed E-state index contributed by atoms with van der Waals surface area (Å²) in [7, 11) is -3.24. The van der Waals surface area contributed by atoms with Crippen LogP contribution in [0, 0.1) is 0 Å². The lowest BCUT2D eigenvalue weighted by Crippen LogP contribution is -2.45. The molecule has 0 spiro atoms. The monoisotopic (exact) mass is 318 g/mol. The maximum atomic E-state index is 11.7. The molecule has 0 heterocycles. The first-order valence-electron chi connectivity index (χ1n) is 5.09. The van der Waals surface area contributed by atoms with Crippen LogP contribution in [0.5, 0.6) is 0 Å².